The third-order valence-electron chi connectivity index (χ3n) is 3.73. The van der Waals surface area contributed by atoms with Crippen LogP contribution in [0.15, 0.2) is 59.5 Å². The van der Waals surface area contributed by atoms with Gasteiger partial charge in [-0.1, -0.05) is 56.3 Å². The molecule has 0 amide bonds. The first-order valence-corrected chi connectivity index (χ1v) is 9.68. The molecule has 0 saturated carbocycles. The minimum absolute atomic E-state index is 0.303. The molecule has 5 heteroatoms. The second-order valence-corrected chi connectivity index (χ2v) is 7.78. The van der Waals surface area contributed by atoms with Crippen LogP contribution in [-0.2, 0) is 21.4 Å². The monoisotopic (exact) mass is 347 g/mol. The normalized spacial score (nSPS) is 11.8. The molecule has 0 bridgehead atoms. The molecule has 0 heterocycles. The molecule has 2 aromatic carbocycles. The number of sulfonamides is 1. The predicted octanol–water partition coefficient (Wildman–Crippen LogP) is 3.70. The van der Waals surface area contributed by atoms with Crippen molar-refractivity contribution in [2.75, 3.05) is 13.2 Å². The van der Waals surface area contributed by atoms with Crippen molar-refractivity contribution in [3.8, 4) is 0 Å². The standard InChI is InChI=1S/C19H25NO3S/c1-16(2)18-9-11-19(12-10-18)24(21,22)20-13-6-14-23-15-17-7-4-3-5-8-17/h3-5,7-12,16,20H,6,13-15H2,1-2H3. The highest BCUT2D eigenvalue weighted by Gasteiger charge is 2.13. The topological polar surface area (TPSA) is 55.4 Å². The molecule has 0 atom stereocenters. The van der Waals surface area contributed by atoms with Gasteiger partial charge in [0.05, 0.1) is 11.5 Å². The number of benzene rings is 2. The van der Waals surface area contributed by atoms with Crippen LogP contribution >= 0.6 is 0 Å². The average Bonchev–Trinajstić information content (AvgIpc) is 2.59. The number of hydrogen-bond donors (Lipinski definition) is 1. The van der Waals surface area contributed by atoms with Gasteiger partial charge in [0.15, 0.2) is 0 Å². The van der Waals surface area contributed by atoms with Crippen LogP contribution in [0.5, 0.6) is 0 Å². The van der Waals surface area contributed by atoms with E-state index in [1.165, 1.54) is 0 Å². The van der Waals surface area contributed by atoms with E-state index in [9.17, 15) is 8.42 Å². The molecule has 24 heavy (non-hydrogen) atoms. The Bertz CT molecular complexity index is 710. The van der Waals surface area contributed by atoms with Gasteiger partial charge in [-0.15, -0.1) is 0 Å². The van der Waals surface area contributed by atoms with Gasteiger partial charge in [-0.3, -0.25) is 0 Å². The zero-order valence-electron chi connectivity index (χ0n) is 14.2. The lowest BCUT2D eigenvalue weighted by atomic mass is 10.0. The van der Waals surface area contributed by atoms with E-state index < -0.39 is 10.0 Å². The van der Waals surface area contributed by atoms with E-state index in [0.717, 1.165) is 11.1 Å². The Hall–Kier alpha value is -1.69. The molecule has 0 saturated heterocycles. The summed E-state index contributed by atoms with van der Waals surface area (Å²) in [4.78, 5) is 0.303. The maximum Gasteiger partial charge on any atom is 0.240 e. The number of hydrogen-bond acceptors (Lipinski definition) is 3. The zero-order valence-corrected chi connectivity index (χ0v) is 15.1. The summed E-state index contributed by atoms with van der Waals surface area (Å²) >= 11 is 0. The lowest BCUT2D eigenvalue weighted by Gasteiger charge is -2.09. The van der Waals surface area contributed by atoms with Crippen molar-refractivity contribution in [2.24, 2.45) is 0 Å². The number of nitrogens with one attached hydrogen (secondary N) is 1. The average molecular weight is 347 g/mol. The van der Waals surface area contributed by atoms with Gasteiger partial charge in [0.25, 0.3) is 0 Å². The zero-order chi connectivity index (χ0) is 17.4. The van der Waals surface area contributed by atoms with Crippen molar-refractivity contribution < 1.29 is 13.2 Å². The summed E-state index contributed by atoms with van der Waals surface area (Å²) < 4.78 is 32.6. The lowest BCUT2D eigenvalue weighted by molar-refractivity contribution is 0.119. The van der Waals surface area contributed by atoms with Crippen LogP contribution in [0.4, 0.5) is 0 Å². The maximum atomic E-state index is 12.2. The molecule has 0 aliphatic rings. The number of ether oxygens (including phenoxy) is 1. The van der Waals surface area contributed by atoms with Gasteiger partial charge in [0.2, 0.25) is 10.0 Å². The first kappa shape index (κ1) is 18.6. The molecule has 0 aromatic heterocycles. The van der Waals surface area contributed by atoms with E-state index in [0.29, 0.717) is 37.0 Å². The molecule has 0 aliphatic heterocycles. The molecule has 130 valence electrons. The fraction of sp³-hybridized carbons (Fsp3) is 0.368. The van der Waals surface area contributed by atoms with Gasteiger partial charge in [-0.05, 0) is 35.6 Å². The van der Waals surface area contributed by atoms with Crippen LogP contribution in [0.2, 0.25) is 0 Å². The highest BCUT2D eigenvalue weighted by molar-refractivity contribution is 7.89. The molecule has 0 radical (unpaired) electrons. The molecule has 0 aliphatic carbocycles. The Kier molecular flexibility index (Phi) is 6.97. The highest BCUT2D eigenvalue weighted by Crippen LogP contribution is 2.17. The van der Waals surface area contributed by atoms with Crippen molar-refractivity contribution in [2.45, 2.75) is 37.7 Å². The Morgan fingerprint density at radius 1 is 1.00 bits per heavy atom. The van der Waals surface area contributed by atoms with Crippen molar-refractivity contribution in [3.63, 3.8) is 0 Å². The summed E-state index contributed by atoms with van der Waals surface area (Å²) in [5.74, 6) is 0.386. The maximum absolute atomic E-state index is 12.2. The highest BCUT2D eigenvalue weighted by atomic mass is 32.2. The molecule has 0 unspecified atom stereocenters. The summed E-state index contributed by atoms with van der Waals surface area (Å²) in [6.07, 6.45) is 0.635. The van der Waals surface area contributed by atoms with E-state index in [-0.39, 0.29) is 0 Å². The predicted molar refractivity (Wildman–Crippen MR) is 96.4 cm³/mol. The third kappa shape index (κ3) is 5.74. The van der Waals surface area contributed by atoms with Gasteiger partial charge in [-0.25, -0.2) is 13.1 Å². The van der Waals surface area contributed by atoms with Gasteiger partial charge >= 0.3 is 0 Å². The van der Waals surface area contributed by atoms with Gasteiger partial charge in [-0.2, -0.15) is 0 Å². The van der Waals surface area contributed by atoms with Gasteiger partial charge < -0.3 is 4.74 Å². The summed E-state index contributed by atoms with van der Waals surface area (Å²) in [6.45, 7) is 5.59. The SMILES string of the molecule is CC(C)c1ccc(S(=O)(=O)NCCCOCc2ccccc2)cc1. The molecule has 0 fully saturated rings. The van der Waals surface area contributed by atoms with Gasteiger partial charge in [0.1, 0.15) is 0 Å². The molecular formula is C19H25NO3S. The number of rotatable bonds is 9. The summed E-state index contributed by atoms with van der Waals surface area (Å²) in [6, 6.07) is 16.9. The first-order valence-electron chi connectivity index (χ1n) is 8.20. The molecular weight excluding hydrogens is 322 g/mol. The Balaban J connectivity index is 1.72. The third-order valence-corrected chi connectivity index (χ3v) is 5.20. The van der Waals surface area contributed by atoms with E-state index in [1.54, 1.807) is 12.1 Å². The van der Waals surface area contributed by atoms with Crippen molar-refractivity contribution in [1.29, 1.82) is 0 Å². The second-order valence-electron chi connectivity index (χ2n) is 6.01. The molecule has 2 rings (SSSR count). The van der Waals surface area contributed by atoms with E-state index in [1.807, 2.05) is 42.5 Å². The molecule has 2 aromatic rings. The van der Waals surface area contributed by atoms with Crippen LogP contribution in [0.25, 0.3) is 0 Å². The first-order chi connectivity index (χ1) is 11.5. The summed E-state index contributed by atoms with van der Waals surface area (Å²) in [5, 5.41) is 0. The van der Waals surface area contributed by atoms with Crippen molar-refractivity contribution >= 4 is 10.0 Å². The summed E-state index contributed by atoms with van der Waals surface area (Å²) in [5.41, 5.74) is 2.24. The van der Waals surface area contributed by atoms with Crippen LogP contribution in [0, 0.1) is 0 Å². The van der Waals surface area contributed by atoms with Crippen LogP contribution in [-0.4, -0.2) is 21.6 Å². The van der Waals surface area contributed by atoms with Crippen LogP contribution in [0.3, 0.4) is 0 Å². The molecule has 0 spiro atoms. The van der Waals surface area contributed by atoms with Crippen LogP contribution in [0.1, 0.15) is 37.3 Å². The summed E-state index contributed by atoms with van der Waals surface area (Å²) in [7, 11) is -3.45. The minimum Gasteiger partial charge on any atom is -0.377 e. The van der Waals surface area contributed by atoms with Gasteiger partial charge in [0, 0.05) is 13.2 Å². The van der Waals surface area contributed by atoms with Crippen molar-refractivity contribution in [1.82, 2.24) is 4.72 Å². The largest absolute Gasteiger partial charge is 0.377 e. The fourth-order valence-electron chi connectivity index (χ4n) is 2.26. The van der Waals surface area contributed by atoms with E-state index in [2.05, 4.69) is 18.6 Å². The van der Waals surface area contributed by atoms with Crippen molar-refractivity contribution in [3.05, 3.63) is 65.7 Å². The Morgan fingerprint density at radius 2 is 1.67 bits per heavy atom. The van der Waals surface area contributed by atoms with Crippen LogP contribution < -0.4 is 4.72 Å². The fourth-order valence-corrected chi connectivity index (χ4v) is 3.33. The Morgan fingerprint density at radius 3 is 2.29 bits per heavy atom. The molecule has 1 N–H and O–H groups in total. The Labute approximate surface area is 144 Å². The smallest absolute Gasteiger partial charge is 0.240 e. The minimum atomic E-state index is -3.45. The second kappa shape index (κ2) is 8.97. The quantitative estimate of drug-likeness (QED) is 0.704. The molecule has 4 nitrogen and oxygen atoms in total. The van der Waals surface area contributed by atoms with E-state index >= 15 is 0 Å². The lowest BCUT2D eigenvalue weighted by Crippen LogP contribution is -2.25. The van der Waals surface area contributed by atoms with E-state index in [4.69, 9.17) is 4.74 Å².